The van der Waals surface area contributed by atoms with E-state index in [1.165, 1.54) is 0 Å². The van der Waals surface area contributed by atoms with Crippen molar-refractivity contribution in [3.8, 4) is 0 Å². The normalized spacial score (nSPS) is 12.1. The van der Waals surface area contributed by atoms with Crippen LogP contribution in [-0.4, -0.2) is 4.98 Å². The van der Waals surface area contributed by atoms with Crippen molar-refractivity contribution in [2.45, 2.75) is 6.18 Å². The minimum Gasteiger partial charge on any atom is -0.240 e. The minimum atomic E-state index is -4.68. The number of fused-ring (bicyclic) bond motifs is 1. The van der Waals surface area contributed by atoms with Gasteiger partial charge in [0.1, 0.15) is 17.0 Å². The van der Waals surface area contributed by atoms with Gasteiger partial charge in [0.25, 0.3) is 0 Å². The lowest BCUT2D eigenvalue weighted by Crippen LogP contribution is -2.08. The molecule has 0 amide bonds. The number of hydrogen-bond acceptors (Lipinski definition) is 1. The molecule has 0 aliphatic heterocycles. The Morgan fingerprint density at radius 3 is 2.29 bits per heavy atom. The quantitative estimate of drug-likeness (QED) is 0.661. The Morgan fingerprint density at radius 1 is 1.06 bits per heavy atom. The molecule has 1 aromatic carbocycles. The Bertz CT molecular complexity index is 593. The summed E-state index contributed by atoms with van der Waals surface area (Å²) in [5, 5.41) is -0.0458. The number of rotatable bonds is 0. The second-order valence-corrected chi connectivity index (χ2v) is 4.13. The van der Waals surface area contributed by atoms with Crippen LogP contribution >= 0.6 is 15.9 Å². The van der Waals surface area contributed by atoms with Crippen molar-refractivity contribution in [1.82, 2.24) is 4.98 Å². The summed E-state index contributed by atoms with van der Waals surface area (Å²) in [7, 11) is 0. The number of nitrogens with zero attached hydrogens (tertiary/aromatic N) is 1. The van der Waals surface area contributed by atoms with E-state index in [1.807, 2.05) is 0 Å². The molecule has 0 radical (unpaired) electrons. The summed E-state index contributed by atoms with van der Waals surface area (Å²) < 4.78 is 63.4. The summed E-state index contributed by atoms with van der Waals surface area (Å²) in [6.45, 7) is 0. The first kappa shape index (κ1) is 12.2. The van der Waals surface area contributed by atoms with Crippen molar-refractivity contribution in [3.63, 3.8) is 0 Å². The lowest BCUT2D eigenvalue weighted by atomic mass is 10.2. The zero-order valence-corrected chi connectivity index (χ0v) is 9.53. The largest absolute Gasteiger partial charge is 0.433 e. The van der Waals surface area contributed by atoms with Crippen LogP contribution in [0.1, 0.15) is 5.69 Å². The van der Waals surface area contributed by atoms with Crippen molar-refractivity contribution < 1.29 is 22.0 Å². The summed E-state index contributed by atoms with van der Waals surface area (Å²) in [4.78, 5) is 3.15. The summed E-state index contributed by atoms with van der Waals surface area (Å²) >= 11 is 2.84. The van der Waals surface area contributed by atoms with E-state index in [0.717, 1.165) is 6.07 Å². The summed E-state index contributed by atoms with van der Waals surface area (Å²) in [5.74, 6) is -2.01. The molecule has 1 nitrogen and oxygen atoms in total. The van der Waals surface area contributed by atoms with Crippen molar-refractivity contribution >= 4 is 26.8 Å². The van der Waals surface area contributed by atoms with E-state index < -0.39 is 29.0 Å². The van der Waals surface area contributed by atoms with E-state index in [-0.39, 0.29) is 9.86 Å². The average Bonchev–Trinajstić information content (AvgIpc) is 2.17. The standard InChI is InChI=1S/C10H3BrF5N/c11-6-3-8(10(14,15)16)17-9-5(6)1-4(12)2-7(9)13/h1-3H. The fourth-order valence-corrected chi connectivity index (χ4v) is 1.88. The first-order valence-corrected chi connectivity index (χ1v) is 5.11. The molecule has 1 aromatic heterocycles. The highest BCUT2D eigenvalue weighted by Crippen LogP contribution is 2.33. The fraction of sp³-hybridized carbons (Fsp3) is 0.100. The average molecular weight is 312 g/mol. The van der Waals surface area contributed by atoms with Crippen LogP contribution in [0.15, 0.2) is 22.7 Å². The molecule has 2 aromatic rings. The van der Waals surface area contributed by atoms with Crippen LogP contribution in [0.5, 0.6) is 0 Å². The van der Waals surface area contributed by atoms with Gasteiger partial charge in [-0.15, -0.1) is 0 Å². The lowest BCUT2D eigenvalue weighted by Gasteiger charge is -2.09. The van der Waals surface area contributed by atoms with Gasteiger partial charge >= 0.3 is 6.18 Å². The second-order valence-electron chi connectivity index (χ2n) is 3.27. The molecule has 0 spiro atoms. The summed E-state index contributed by atoms with van der Waals surface area (Å²) in [6, 6.07) is 2.08. The van der Waals surface area contributed by atoms with Crippen LogP contribution in [0.3, 0.4) is 0 Å². The summed E-state index contributed by atoms with van der Waals surface area (Å²) in [6.07, 6.45) is -4.68. The zero-order valence-electron chi connectivity index (χ0n) is 7.95. The molecule has 0 atom stereocenters. The van der Waals surface area contributed by atoms with Crippen LogP contribution in [0, 0.1) is 11.6 Å². The van der Waals surface area contributed by atoms with Crippen molar-refractivity contribution in [3.05, 3.63) is 40.0 Å². The predicted octanol–water partition coefficient (Wildman–Crippen LogP) is 4.29. The topological polar surface area (TPSA) is 12.9 Å². The third-order valence-corrected chi connectivity index (χ3v) is 2.73. The van der Waals surface area contributed by atoms with Crippen LogP contribution in [0.25, 0.3) is 10.9 Å². The van der Waals surface area contributed by atoms with Gasteiger partial charge in [0.2, 0.25) is 0 Å². The van der Waals surface area contributed by atoms with Gasteiger partial charge in [0.05, 0.1) is 0 Å². The van der Waals surface area contributed by atoms with Gasteiger partial charge in [-0.2, -0.15) is 13.2 Å². The maximum Gasteiger partial charge on any atom is 0.433 e. The number of aromatic nitrogens is 1. The molecule has 0 aliphatic rings. The first-order chi connectivity index (χ1) is 7.79. The van der Waals surface area contributed by atoms with Gasteiger partial charge in [-0.1, -0.05) is 15.9 Å². The van der Waals surface area contributed by atoms with E-state index in [4.69, 9.17) is 0 Å². The first-order valence-electron chi connectivity index (χ1n) is 4.31. The SMILES string of the molecule is Fc1cc(F)c2nc(C(F)(F)F)cc(Br)c2c1. The Kier molecular flexibility index (Phi) is 2.81. The summed E-state index contributed by atoms with van der Waals surface area (Å²) in [5.41, 5.74) is -1.75. The van der Waals surface area contributed by atoms with E-state index >= 15 is 0 Å². The molecule has 0 fully saturated rings. The molecule has 0 saturated carbocycles. The maximum atomic E-state index is 13.3. The Balaban J connectivity index is 2.83. The minimum absolute atomic E-state index is 0.0458. The molecule has 2 rings (SSSR count). The second kappa shape index (κ2) is 3.90. The Labute approximate surface area is 100 Å². The molecule has 0 N–H and O–H groups in total. The smallest absolute Gasteiger partial charge is 0.240 e. The van der Waals surface area contributed by atoms with Crippen molar-refractivity contribution in [1.29, 1.82) is 0 Å². The van der Waals surface area contributed by atoms with Crippen molar-refractivity contribution in [2.75, 3.05) is 0 Å². The highest BCUT2D eigenvalue weighted by Gasteiger charge is 2.33. The number of benzene rings is 1. The van der Waals surface area contributed by atoms with E-state index in [1.54, 1.807) is 0 Å². The van der Waals surface area contributed by atoms with Gasteiger partial charge in [-0.3, -0.25) is 0 Å². The fourth-order valence-electron chi connectivity index (χ4n) is 1.36. The van der Waals surface area contributed by atoms with Gasteiger partial charge in [-0.05, 0) is 12.1 Å². The van der Waals surface area contributed by atoms with E-state index in [0.29, 0.717) is 12.1 Å². The highest BCUT2D eigenvalue weighted by molar-refractivity contribution is 9.10. The molecule has 0 aliphatic carbocycles. The highest BCUT2D eigenvalue weighted by atomic mass is 79.9. The van der Waals surface area contributed by atoms with Crippen LogP contribution in [0.2, 0.25) is 0 Å². The predicted molar refractivity (Wildman–Crippen MR) is 54.4 cm³/mol. The molecule has 0 bridgehead atoms. The molecule has 17 heavy (non-hydrogen) atoms. The lowest BCUT2D eigenvalue weighted by molar-refractivity contribution is -0.141. The molecule has 0 unspecified atom stereocenters. The Morgan fingerprint density at radius 2 is 1.71 bits per heavy atom. The van der Waals surface area contributed by atoms with Gasteiger partial charge in [0, 0.05) is 15.9 Å². The third kappa shape index (κ3) is 2.24. The Hall–Kier alpha value is -1.24. The monoisotopic (exact) mass is 311 g/mol. The molecule has 1 heterocycles. The molecule has 0 saturated heterocycles. The number of hydrogen-bond donors (Lipinski definition) is 0. The number of alkyl halides is 3. The number of pyridine rings is 1. The van der Waals surface area contributed by atoms with E-state index in [9.17, 15) is 22.0 Å². The van der Waals surface area contributed by atoms with Gasteiger partial charge < -0.3 is 0 Å². The van der Waals surface area contributed by atoms with Crippen LogP contribution < -0.4 is 0 Å². The van der Waals surface area contributed by atoms with Gasteiger partial charge in [0.15, 0.2) is 5.82 Å². The molecular formula is C10H3BrF5N. The van der Waals surface area contributed by atoms with Crippen molar-refractivity contribution in [2.24, 2.45) is 0 Å². The van der Waals surface area contributed by atoms with Gasteiger partial charge in [-0.25, -0.2) is 13.8 Å². The third-order valence-electron chi connectivity index (χ3n) is 2.07. The van der Waals surface area contributed by atoms with Crippen LogP contribution in [-0.2, 0) is 6.18 Å². The van der Waals surface area contributed by atoms with Crippen LogP contribution in [0.4, 0.5) is 22.0 Å². The number of halogens is 6. The maximum absolute atomic E-state index is 13.3. The molecule has 7 heteroatoms. The molecule has 90 valence electrons. The van der Waals surface area contributed by atoms with E-state index in [2.05, 4.69) is 20.9 Å². The zero-order chi connectivity index (χ0) is 12.8. The molecular weight excluding hydrogens is 309 g/mol.